The van der Waals surface area contributed by atoms with Crippen LogP contribution in [0.5, 0.6) is 5.75 Å². The SMILES string of the molecule is COC1CCC(NCC2COc3ccccc32)C1. The van der Waals surface area contributed by atoms with Gasteiger partial charge in [0, 0.05) is 31.2 Å². The highest BCUT2D eigenvalue weighted by molar-refractivity contribution is 5.39. The second-order valence-corrected chi connectivity index (χ2v) is 5.32. The van der Waals surface area contributed by atoms with E-state index < -0.39 is 0 Å². The summed E-state index contributed by atoms with van der Waals surface area (Å²) in [4.78, 5) is 0. The van der Waals surface area contributed by atoms with Crippen molar-refractivity contribution in [3.05, 3.63) is 29.8 Å². The summed E-state index contributed by atoms with van der Waals surface area (Å²) < 4.78 is 11.1. The first-order valence-corrected chi connectivity index (χ1v) is 6.84. The Morgan fingerprint density at radius 2 is 2.22 bits per heavy atom. The van der Waals surface area contributed by atoms with Gasteiger partial charge in [0.2, 0.25) is 0 Å². The van der Waals surface area contributed by atoms with Crippen LogP contribution in [0.2, 0.25) is 0 Å². The maximum atomic E-state index is 5.70. The summed E-state index contributed by atoms with van der Waals surface area (Å²) in [6, 6.07) is 8.99. The molecular formula is C15H21NO2. The molecular weight excluding hydrogens is 226 g/mol. The highest BCUT2D eigenvalue weighted by atomic mass is 16.5. The van der Waals surface area contributed by atoms with Gasteiger partial charge in [-0.05, 0) is 25.3 Å². The minimum atomic E-state index is 0.453. The lowest BCUT2D eigenvalue weighted by molar-refractivity contribution is 0.107. The molecule has 3 rings (SSSR count). The number of hydrogen-bond donors (Lipinski definition) is 1. The van der Waals surface area contributed by atoms with Crippen LogP contribution in [0.3, 0.4) is 0 Å². The van der Waals surface area contributed by atoms with E-state index in [1.165, 1.54) is 18.4 Å². The average molecular weight is 247 g/mol. The third kappa shape index (κ3) is 2.38. The zero-order valence-electron chi connectivity index (χ0n) is 10.9. The summed E-state index contributed by atoms with van der Waals surface area (Å²) in [5, 5.41) is 3.67. The first kappa shape index (κ1) is 12.0. The van der Waals surface area contributed by atoms with Crippen molar-refractivity contribution < 1.29 is 9.47 Å². The minimum absolute atomic E-state index is 0.453. The molecule has 1 saturated carbocycles. The number of rotatable bonds is 4. The molecule has 0 bridgehead atoms. The molecule has 18 heavy (non-hydrogen) atoms. The van der Waals surface area contributed by atoms with Crippen molar-refractivity contribution in [2.45, 2.75) is 37.3 Å². The van der Waals surface area contributed by atoms with Crippen LogP contribution in [0.15, 0.2) is 24.3 Å². The highest BCUT2D eigenvalue weighted by Crippen LogP contribution is 2.33. The highest BCUT2D eigenvalue weighted by Gasteiger charge is 2.27. The topological polar surface area (TPSA) is 30.5 Å². The standard InChI is InChI=1S/C15H21NO2/c1-17-13-7-6-12(8-13)16-9-11-10-18-15-5-3-2-4-14(11)15/h2-5,11-13,16H,6-10H2,1H3. The lowest BCUT2D eigenvalue weighted by Crippen LogP contribution is -2.31. The summed E-state index contributed by atoms with van der Waals surface area (Å²) >= 11 is 0. The van der Waals surface area contributed by atoms with E-state index in [0.29, 0.717) is 18.1 Å². The van der Waals surface area contributed by atoms with E-state index in [1.807, 2.05) is 13.2 Å². The molecule has 0 amide bonds. The largest absolute Gasteiger partial charge is 0.493 e. The Labute approximate surface area is 108 Å². The van der Waals surface area contributed by atoms with Gasteiger partial charge in [0.05, 0.1) is 12.7 Å². The summed E-state index contributed by atoms with van der Waals surface area (Å²) in [6.07, 6.45) is 4.01. The zero-order chi connectivity index (χ0) is 12.4. The third-order valence-corrected chi connectivity index (χ3v) is 4.17. The minimum Gasteiger partial charge on any atom is -0.493 e. The van der Waals surface area contributed by atoms with Crippen LogP contribution < -0.4 is 10.1 Å². The van der Waals surface area contributed by atoms with Gasteiger partial charge in [0.15, 0.2) is 0 Å². The van der Waals surface area contributed by atoms with E-state index in [1.54, 1.807) is 0 Å². The molecule has 1 fully saturated rings. The van der Waals surface area contributed by atoms with E-state index in [0.717, 1.165) is 25.3 Å². The maximum Gasteiger partial charge on any atom is 0.122 e. The van der Waals surface area contributed by atoms with Crippen LogP contribution in [-0.4, -0.2) is 32.4 Å². The third-order valence-electron chi connectivity index (χ3n) is 4.17. The molecule has 1 aliphatic heterocycles. The van der Waals surface area contributed by atoms with E-state index in [4.69, 9.17) is 9.47 Å². The molecule has 0 spiro atoms. The van der Waals surface area contributed by atoms with Crippen LogP contribution in [-0.2, 0) is 4.74 Å². The zero-order valence-corrected chi connectivity index (χ0v) is 10.9. The van der Waals surface area contributed by atoms with Gasteiger partial charge < -0.3 is 14.8 Å². The summed E-state index contributed by atoms with van der Waals surface area (Å²) in [7, 11) is 1.81. The molecule has 1 aromatic rings. The predicted octanol–water partition coefficient (Wildman–Crippen LogP) is 2.32. The lowest BCUT2D eigenvalue weighted by Gasteiger charge is -2.16. The van der Waals surface area contributed by atoms with E-state index in [2.05, 4.69) is 23.5 Å². The van der Waals surface area contributed by atoms with E-state index >= 15 is 0 Å². The Morgan fingerprint density at radius 1 is 1.33 bits per heavy atom. The number of para-hydroxylation sites is 1. The Morgan fingerprint density at radius 3 is 3.06 bits per heavy atom. The Balaban J connectivity index is 1.53. The van der Waals surface area contributed by atoms with Gasteiger partial charge in [-0.3, -0.25) is 0 Å². The van der Waals surface area contributed by atoms with Crippen molar-refractivity contribution in [2.24, 2.45) is 0 Å². The van der Waals surface area contributed by atoms with Crippen LogP contribution in [0.1, 0.15) is 30.7 Å². The van der Waals surface area contributed by atoms with Crippen LogP contribution in [0.25, 0.3) is 0 Å². The van der Waals surface area contributed by atoms with Crippen molar-refractivity contribution in [3.63, 3.8) is 0 Å². The second-order valence-electron chi connectivity index (χ2n) is 5.32. The van der Waals surface area contributed by atoms with Crippen molar-refractivity contribution in [1.29, 1.82) is 0 Å². The number of fused-ring (bicyclic) bond motifs is 1. The van der Waals surface area contributed by atoms with Gasteiger partial charge in [0.1, 0.15) is 5.75 Å². The Kier molecular flexibility index (Phi) is 3.52. The first-order chi connectivity index (χ1) is 8.86. The molecule has 0 saturated heterocycles. The van der Waals surface area contributed by atoms with Crippen LogP contribution >= 0.6 is 0 Å². The van der Waals surface area contributed by atoms with Crippen molar-refractivity contribution in [1.82, 2.24) is 5.32 Å². The quantitative estimate of drug-likeness (QED) is 0.885. The smallest absolute Gasteiger partial charge is 0.122 e. The Bertz CT molecular complexity index is 407. The molecule has 3 heteroatoms. The van der Waals surface area contributed by atoms with Crippen LogP contribution in [0.4, 0.5) is 0 Å². The molecule has 3 nitrogen and oxygen atoms in total. The number of ether oxygens (including phenoxy) is 2. The molecule has 3 unspecified atom stereocenters. The first-order valence-electron chi connectivity index (χ1n) is 6.84. The molecule has 1 aliphatic carbocycles. The molecule has 1 N–H and O–H groups in total. The summed E-state index contributed by atoms with van der Waals surface area (Å²) in [5.41, 5.74) is 1.35. The molecule has 0 radical (unpaired) electrons. The molecule has 3 atom stereocenters. The van der Waals surface area contributed by atoms with Gasteiger partial charge in [-0.1, -0.05) is 18.2 Å². The molecule has 98 valence electrons. The summed E-state index contributed by atoms with van der Waals surface area (Å²) in [6.45, 7) is 1.82. The summed E-state index contributed by atoms with van der Waals surface area (Å²) in [5.74, 6) is 1.56. The maximum absolute atomic E-state index is 5.70. The molecule has 1 aromatic carbocycles. The Hall–Kier alpha value is -1.06. The van der Waals surface area contributed by atoms with Crippen molar-refractivity contribution in [3.8, 4) is 5.75 Å². The number of methoxy groups -OCH3 is 1. The predicted molar refractivity (Wildman–Crippen MR) is 71.1 cm³/mol. The van der Waals surface area contributed by atoms with Crippen molar-refractivity contribution in [2.75, 3.05) is 20.3 Å². The molecule has 2 aliphatic rings. The number of benzene rings is 1. The van der Waals surface area contributed by atoms with Gasteiger partial charge in [-0.15, -0.1) is 0 Å². The molecule has 1 heterocycles. The number of nitrogens with one attached hydrogen (secondary N) is 1. The van der Waals surface area contributed by atoms with Crippen molar-refractivity contribution >= 4 is 0 Å². The fourth-order valence-electron chi connectivity index (χ4n) is 3.05. The number of hydrogen-bond acceptors (Lipinski definition) is 3. The lowest BCUT2D eigenvalue weighted by atomic mass is 10.0. The normalized spacial score (nSPS) is 30.2. The van der Waals surface area contributed by atoms with E-state index in [-0.39, 0.29) is 0 Å². The monoisotopic (exact) mass is 247 g/mol. The fourth-order valence-corrected chi connectivity index (χ4v) is 3.05. The van der Waals surface area contributed by atoms with Crippen LogP contribution in [0, 0.1) is 0 Å². The second kappa shape index (κ2) is 5.29. The average Bonchev–Trinajstić information content (AvgIpc) is 3.03. The van der Waals surface area contributed by atoms with Gasteiger partial charge >= 0.3 is 0 Å². The van der Waals surface area contributed by atoms with Gasteiger partial charge in [0.25, 0.3) is 0 Å². The fraction of sp³-hybridized carbons (Fsp3) is 0.600. The van der Waals surface area contributed by atoms with Gasteiger partial charge in [-0.2, -0.15) is 0 Å². The van der Waals surface area contributed by atoms with Gasteiger partial charge in [-0.25, -0.2) is 0 Å². The molecule has 0 aromatic heterocycles. The van der Waals surface area contributed by atoms with E-state index in [9.17, 15) is 0 Å².